The average Bonchev–Trinajstić information content (AvgIpc) is 2.35. The highest BCUT2D eigenvalue weighted by Crippen LogP contribution is 2.10. The summed E-state index contributed by atoms with van der Waals surface area (Å²) in [6, 6.07) is 0.456. The van der Waals surface area contributed by atoms with Crippen LogP contribution in [-0.2, 0) is 9.47 Å². The molecular formula is C12H26N2O3. The Balaban J connectivity index is 2.16. The Labute approximate surface area is 104 Å². The van der Waals surface area contributed by atoms with Crippen molar-refractivity contribution in [3.05, 3.63) is 0 Å². The number of hydrogen-bond acceptors (Lipinski definition) is 5. The first-order chi connectivity index (χ1) is 8.27. The summed E-state index contributed by atoms with van der Waals surface area (Å²) in [5, 5.41) is 13.1. The molecule has 1 rings (SSSR count). The van der Waals surface area contributed by atoms with Gasteiger partial charge in [0.25, 0.3) is 0 Å². The van der Waals surface area contributed by atoms with Gasteiger partial charge in [0.15, 0.2) is 0 Å². The van der Waals surface area contributed by atoms with Gasteiger partial charge in [0.2, 0.25) is 0 Å². The average molecular weight is 246 g/mol. The first-order valence-electron chi connectivity index (χ1n) is 6.47. The Kier molecular flexibility index (Phi) is 7.72. The molecular weight excluding hydrogens is 220 g/mol. The van der Waals surface area contributed by atoms with Crippen molar-refractivity contribution in [3.63, 3.8) is 0 Å². The van der Waals surface area contributed by atoms with E-state index in [1.807, 2.05) is 0 Å². The SMILES string of the molecule is CCC1COCCN1CC(O)CNCCOC. The number of ether oxygens (including phenoxy) is 2. The summed E-state index contributed by atoms with van der Waals surface area (Å²) >= 11 is 0. The number of methoxy groups -OCH3 is 1. The van der Waals surface area contributed by atoms with Gasteiger partial charge in [0, 0.05) is 39.3 Å². The number of morpholine rings is 1. The van der Waals surface area contributed by atoms with E-state index < -0.39 is 0 Å². The van der Waals surface area contributed by atoms with Crippen LogP contribution in [0.5, 0.6) is 0 Å². The zero-order valence-electron chi connectivity index (χ0n) is 11.0. The zero-order valence-corrected chi connectivity index (χ0v) is 11.0. The van der Waals surface area contributed by atoms with E-state index in [9.17, 15) is 5.11 Å². The second-order valence-corrected chi connectivity index (χ2v) is 4.48. The minimum atomic E-state index is -0.320. The van der Waals surface area contributed by atoms with Gasteiger partial charge in [-0.2, -0.15) is 0 Å². The van der Waals surface area contributed by atoms with Crippen LogP contribution in [-0.4, -0.2) is 75.3 Å². The van der Waals surface area contributed by atoms with E-state index in [-0.39, 0.29) is 6.10 Å². The van der Waals surface area contributed by atoms with Gasteiger partial charge >= 0.3 is 0 Å². The number of nitrogens with one attached hydrogen (secondary N) is 1. The third-order valence-corrected chi connectivity index (χ3v) is 3.13. The topological polar surface area (TPSA) is 54.0 Å². The highest BCUT2D eigenvalue weighted by Gasteiger charge is 2.23. The lowest BCUT2D eigenvalue weighted by molar-refractivity contribution is -0.0270. The lowest BCUT2D eigenvalue weighted by Crippen LogP contribution is -2.49. The van der Waals surface area contributed by atoms with Crippen molar-refractivity contribution in [2.75, 3.05) is 53.1 Å². The van der Waals surface area contributed by atoms with Gasteiger partial charge < -0.3 is 19.9 Å². The fourth-order valence-corrected chi connectivity index (χ4v) is 2.08. The Bertz CT molecular complexity index is 193. The molecule has 0 aromatic heterocycles. The normalized spacial score (nSPS) is 23.8. The minimum Gasteiger partial charge on any atom is -0.390 e. The highest BCUT2D eigenvalue weighted by molar-refractivity contribution is 4.77. The van der Waals surface area contributed by atoms with Crippen LogP contribution in [0.3, 0.4) is 0 Å². The van der Waals surface area contributed by atoms with Gasteiger partial charge in [-0.3, -0.25) is 4.90 Å². The second kappa shape index (κ2) is 8.83. The Morgan fingerprint density at radius 2 is 2.41 bits per heavy atom. The van der Waals surface area contributed by atoms with Gasteiger partial charge in [0.1, 0.15) is 0 Å². The molecule has 0 amide bonds. The minimum absolute atomic E-state index is 0.320. The quantitative estimate of drug-likeness (QED) is 0.576. The maximum atomic E-state index is 9.93. The third-order valence-electron chi connectivity index (χ3n) is 3.13. The van der Waals surface area contributed by atoms with E-state index in [0.717, 1.165) is 39.3 Å². The number of hydrogen-bond donors (Lipinski definition) is 2. The Morgan fingerprint density at radius 1 is 1.59 bits per heavy atom. The molecule has 102 valence electrons. The number of rotatable bonds is 8. The smallest absolute Gasteiger partial charge is 0.0791 e. The molecule has 1 aliphatic heterocycles. The Morgan fingerprint density at radius 3 is 3.12 bits per heavy atom. The summed E-state index contributed by atoms with van der Waals surface area (Å²) in [5.74, 6) is 0. The summed E-state index contributed by atoms with van der Waals surface area (Å²) in [6.45, 7) is 7.47. The van der Waals surface area contributed by atoms with Crippen LogP contribution >= 0.6 is 0 Å². The molecule has 0 bridgehead atoms. The van der Waals surface area contributed by atoms with Gasteiger partial charge in [0.05, 0.1) is 25.9 Å². The number of aliphatic hydroxyl groups excluding tert-OH is 1. The van der Waals surface area contributed by atoms with Crippen molar-refractivity contribution in [1.82, 2.24) is 10.2 Å². The summed E-state index contributed by atoms with van der Waals surface area (Å²) in [4.78, 5) is 2.33. The fraction of sp³-hybridized carbons (Fsp3) is 1.00. The monoisotopic (exact) mass is 246 g/mol. The maximum Gasteiger partial charge on any atom is 0.0791 e. The largest absolute Gasteiger partial charge is 0.390 e. The summed E-state index contributed by atoms with van der Waals surface area (Å²) in [7, 11) is 1.68. The van der Waals surface area contributed by atoms with Crippen LogP contribution in [0.1, 0.15) is 13.3 Å². The maximum absolute atomic E-state index is 9.93. The summed E-state index contributed by atoms with van der Waals surface area (Å²) in [5.41, 5.74) is 0. The van der Waals surface area contributed by atoms with Crippen LogP contribution in [0, 0.1) is 0 Å². The standard InChI is InChI=1S/C12H26N2O3/c1-3-11-10-17-7-5-14(11)9-12(15)8-13-4-6-16-2/h11-13,15H,3-10H2,1-2H3. The molecule has 0 aromatic rings. The summed E-state index contributed by atoms with van der Waals surface area (Å²) < 4.78 is 10.4. The first kappa shape index (κ1) is 14.9. The number of aliphatic hydroxyl groups is 1. The van der Waals surface area contributed by atoms with Crippen molar-refractivity contribution in [2.45, 2.75) is 25.5 Å². The Hall–Kier alpha value is -0.200. The molecule has 5 nitrogen and oxygen atoms in total. The molecule has 1 fully saturated rings. The predicted octanol–water partition coefficient (Wildman–Crippen LogP) is -0.306. The van der Waals surface area contributed by atoms with E-state index in [2.05, 4.69) is 17.1 Å². The van der Waals surface area contributed by atoms with E-state index >= 15 is 0 Å². The molecule has 0 radical (unpaired) electrons. The van der Waals surface area contributed by atoms with E-state index in [1.54, 1.807) is 7.11 Å². The van der Waals surface area contributed by atoms with Gasteiger partial charge in [-0.1, -0.05) is 6.92 Å². The van der Waals surface area contributed by atoms with Crippen molar-refractivity contribution in [1.29, 1.82) is 0 Å². The van der Waals surface area contributed by atoms with E-state index in [1.165, 1.54) is 0 Å². The van der Waals surface area contributed by atoms with Gasteiger partial charge in [-0.25, -0.2) is 0 Å². The molecule has 2 N–H and O–H groups in total. The molecule has 5 heteroatoms. The highest BCUT2D eigenvalue weighted by atomic mass is 16.5. The van der Waals surface area contributed by atoms with E-state index in [4.69, 9.17) is 9.47 Å². The lowest BCUT2D eigenvalue weighted by Gasteiger charge is -2.36. The number of β-amino-alcohol motifs (C(OH)–C–C–N with tert-alkyl or cyclic N) is 1. The van der Waals surface area contributed by atoms with Crippen molar-refractivity contribution < 1.29 is 14.6 Å². The fourth-order valence-electron chi connectivity index (χ4n) is 2.08. The first-order valence-corrected chi connectivity index (χ1v) is 6.47. The molecule has 1 aliphatic rings. The predicted molar refractivity (Wildman–Crippen MR) is 67.2 cm³/mol. The van der Waals surface area contributed by atoms with Crippen LogP contribution in [0.15, 0.2) is 0 Å². The number of nitrogens with zero attached hydrogens (tertiary/aromatic N) is 1. The lowest BCUT2D eigenvalue weighted by atomic mass is 10.1. The molecule has 1 heterocycles. The molecule has 0 aliphatic carbocycles. The molecule has 1 saturated heterocycles. The molecule has 2 unspecified atom stereocenters. The van der Waals surface area contributed by atoms with Gasteiger partial charge in [-0.15, -0.1) is 0 Å². The molecule has 0 saturated carbocycles. The van der Waals surface area contributed by atoms with Gasteiger partial charge in [-0.05, 0) is 6.42 Å². The van der Waals surface area contributed by atoms with Crippen molar-refractivity contribution in [3.8, 4) is 0 Å². The molecule has 0 spiro atoms. The van der Waals surface area contributed by atoms with Crippen LogP contribution in [0.2, 0.25) is 0 Å². The molecule has 2 atom stereocenters. The molecule has 0 aromatic carbocycles. The van der Waals surface area contributed by atoms with E-state index in [0.29, 0.717) is 19.2 Å². The van der Waals surface area contributed by atoms with Crippen LogP contribution in [0.4, 0.5) is 0 Å². The van der Waals surface area contributed by atoms with Crippen LogP contribution < -0.4 is 5.32 Å². The zero-order chi connectivity index (χ0) is 12.5. The van der Waals surface area contributed by atoms with Crippen molar-refractivity contribution in [2.24, 2.45) is 0 Å². The third kappa shape index (κ3) is 5.79. The second-order valence-electron chi connectivity index (χ2n) is 4.48. The summed E-state index contributed by atoms with van der Waals surface area (Å²) in [6.07, 6.45) is 0.753. The van der Waals surface area contributed by atoms with Crippen LogP contribution in [0.25, 0.3) is 0 Å². The molecule has 17 heavy (non-hydrogen) atoms. The van der Waals surface area contributed by atoms with Crippen molar-refractivity contribution >= 4 is 0 Å².